The highest BCUT2D eigenvalue weighted by molar-refractivity contribution is 6.25. The van der Waals surface area contributed by atoms with Crippen LogP contribution in [0.3, 0.4) is 0 Å². The van der Waals surface area contributed by atoms with E-state index in [0.29, 0.717) is 6.61 Å². The summed E-state index contributed by atoms with van der Waals surface area (Å²) in [6, 6.07) is 0. The fourth-order valence-electron chi connectivity index (χ4n) is 0.376. The van der Waals surface area contributed by atoms with E-state index in [4.69, 9.17) is 11.6 Å². The predicted octanol–water partition coefficient (Wildman–Crippen LogP) is 2.88. The van der Waals surface area contributed by atoms with Gasteiger partial charge >= 0.3 is 5.97 Å². The molecule has 0 unspecified atom stereocenters. The van der Waals surface area contributed by atoms with E-state index in [1.54, 1.807) is 0 Å². The largest absolute Gasteiger partial charge is 0.463 e. The molecule has 0 fully saturated rings. The second-order valence-electron chi connectivity index (χ2n) is 1.88. The number of carbonyl (C=O) groups is 1. The summed E-state index contributed by atoms with van der Waals surface area (Å²) in [5.41, 5.74) is 1.22. The quantitative estimate of drug-likeness (QED) is 0.387. The van der Waals surface area contributed by atoms with Crippen molar-refractivity contribution < 1.29 is 9.53 Å². The van der Waals surface area contributed by atoms with Gasteiger partial charge in [-0.15, -0.1) is 0 Å². The maximum Gasteiger partial charge on any atom is 0.330 e. The highest BCUT2D eigenvalue weighted by atomic mass is 35.5. The molecule has 0 atom stereocenters. The molecule has 0 aromatic carbocycles. The first kappa shape index (κ1) is 13.8. The first-order valence-electron chi connectivity index (χ1n) is 3.73. The summed E-state index contributed by atoms with van der Waals surface area (Å²) >= 11 is 4.76. The highest BCUT2D eigenvalue weighted by Crippen LogP contribution is 1.88. The van der Waals surface area contributed by atoms with E-state index < -0.39 is 0 Å². The molecule has 0 saturated heterocycles. The Morgan fingerprint density at radius 3 is 2.42 bits per heavy atom. The fourth-order valence-corrected chi connectivity index (χ4v) is 0.376. The Labute approximate surface area is 78.9 Å². The van der Waals surface area contributed by atoms with Crippen LogP contribution in [0.4, 0.5) is 0 Å². The molecule has 0 saturated carbocycles. The molecule has 0 aliphatic carbocycles. The lowest BCUT2D eigenvalue weighted by Crippen LogP contribution is -2.00. The van der Waals surface area contributed by atoms with Gasteiger partial charge in [0.2, 0.25) is 0 Å². The van der Waals surface area contributed by atoms with Crippen molar-refractivity contribution in [3.63, 3.8) is 0 Å². The third kappa shape index (κ3) is 16.1. The van der Waals surface area contributed by atoms with Crippen LogP contribution in [0, 0.1) is 0 Å². The van der Waals surface area contributed by atoms with Gasteiger partial charge in [0.25, 0.3) is 0 Å². The Balaban J connectivity index is 0. The average molecular weight is 191 g/mol. The van der Waals surface area contributed by atoms with Crippen LogP contribution in [0.25, 0.3) is 0 Å². The smallest absolute Gasteiger partial charge is 0.330 e. The lowest BCUT2D eigenvalue weighted by molar-refractivity contribution is -0.137. The Kier molecular flexibility index (Phi) is 14.8. The molecule has 70 valence electrons. The number of unbranched alkanes of at least 4 members (excludes halogenated alkanes) is 1. The topological polar surface area (TPSA) is 26.3 Å². The summed E-state index contributed by atoms with van der Waals surface area (Å²) in [5, 5.41) is 0. The van der Waals surface area contributed by atoms with Gasteiger partial charge in [-0.2, -0.15) is 0 Å². The zero-order chi connectivity index (χ0) is 9.82. The molecule has 0 heterocycles. The van der Waals surface area contributed by atoms with E-state index in [1.807, 2.05) is 6.92 Å². The molecule has 0 aromatic rings. The summed E-state index contributed by atoms with van der Waals surface area (Å²) in [6.07, 6.45) is 3.15. The number of rotatable bonds is 4. The standard InChI is InChI=1S/C7H12O2.C2H3Cl/c1-3-5-6-9-7(8)4-2;1-2-3/h4H,2-3,5-6H2,1H3;2H,1H2. The summed E-state index contributed by atoms with van der Waals surface area (Å²) in [5.74, 6) is -0.330. The van der Waals surface area contributed by atoms with Crippen molar-refractivity contribution in [2.24, 2.45) is 0 Å². The SMILES string of the molecule is C=CC(=O)OCCCC.C=CCl. The Hall–Kier alpha value is -0.760. The van der Waals surface area contributed by atoms with Gasteiger partial charge < -0.3 is 4.74 Å². The van der Waals surface area contributed by atoms with Crippen LogP contribution < -0.4 is 0 Å². The monoisotopic (exact) mass is 190 g/mol. The molecular weight excluding hydrogens is 176 g/mol. The van der Waals surface area contributed by atoms with Gasteiger partial charge in [-0.3, -0.25) is 0 Å². The molecular formula is C9H15ClO2. The van der Waals surface area contributed by atoms with Crippen LogP contribution in [0.5, 0.6) is 0 Å². The zero-order valence-electron chi connectivity index (χ0n) is 7.38. The van der Waals surface area contributed by atoms with Crippen molar-refractivity contribution in [1.29, 1.82) is 0 Å². The summed E-state index contributed by atoms with van der Waals surface area (Å²) in [7, 11) is 0. The van der Waals surface area contributed by atoms with Crippen LogP contribution >= 0.6 is 11.6 Å². The normalized spacial score (nSPS) is 7.50. The highest BCUT2D eigenvalue weighted by Gasteiger charge is 1.91. The van der Waals surface area contributed by atoms with Crippen molar-refractivity contribution in [1.82, 2.24) is 0 Å². The van der Waals surface area contributed by atoms with E-state index in [1.165, 1.54) is 11.6 Å². The number of hydrogen-bond acceptors (Lipinski definition) is 2. The minimum absolute atomic E-state index is 0.330. The predicted molar refractivity (Wildman–Crippen MR) is 52.1 cm³/mol. The van der Waals surface area contributed by atoms with E-state index >= 15 is 0 Å². The molecule has 0 aromatic heterocycles. The minimum Gasteiger partial charge on any atom is -0.463 e. The maximum absolute atomic E-state index is 10.3. The molecule has 0 rings (SSSR count). The summed E-state index contributed by atoms with van der Waals surface area (Å²) in [4.78, 5) is 10.3. The molecule has 0 aliphatic heterocycles. The maximum atomic E-state index is 10.3. The minimum atomic E-state index is -0.330. The van der Waals surface area contributed by atoms with Crippen molar-refractivity contribution in [3.05, 3.63) is 24.8 Å². The first-order valence-corrected chi connectivity index (χ1v) is 4.16. The Morgan fingerprint density at radius 1 is 1.58 bits per heavy atom. The zero-order valence-corrected chi connectivity index (χ0v) is 8.14. The first-order chi connectivity index (χ1) is 5.72. The van der Waals surface area contributed by atoms with Gasteiger partial charge in [-0.25, -0.2) is 4.79 Å². The van der Waals surface area contributed by atoms with E-state index in [0.717, 1.165) is 12.8 Å². The second kappa shape index (κ2) is 12.9. The molecule has 2 nitrogen and oxygen atoms in total. The lowest BCUT2D eigenvalue weighted by atomic mass is 10.4. The number of carbonyl (C=O) groups excluding carboxylic acids is 1. The third-order valence-electron chi connectivity index (χ3n) is 0.909. The molecule has 0 N–H and O–H groups in total. The number of esters is 1. The number of halogens is 1. The molecule has 3 heteroatoms. The molecule has 0 spiro atoms. The van der Waals surface area contributed by atoms with Gasteiger partial charge in [0.15, 0.2) is 0 Å². The van der Waals surface area contributed by atoms with E-state index in [9.17, 15) is 4.79 Å². The number of ether oxygens (including phenoxy) is 1. The van der Waals surface area contributed by atoms with Crippen molar-refractivity contribution in [2.75, 3.05) is 6.61 Å². The van der Waals surface area contributed by atoms with Gasteiger partial charge in [-0.05, 0) is 12.0 Å². The Bertz CT molecular complexity index is 132. The van der Waals surface area contributed by atoms with Crippen LogP contribution in [-0.4, -0.2) is 12.6 Å². The van der Waals surface area contributed by atoms with Crippen LogP contribution in [-0.2, 0) is 9.53 Å². The van der Waals surface area contributed by atoms with Crippen LogP contribution in [0.1, 0.15) is 19.8 Å². The summed E-state index contributed by atoms with van der Waals surface area (Å²) < 4.78 is 4.67. The van der Waals surface area contributed by atoms with E-state index in [2.05, 4.69) is 17.9 Å². The van der Waals surface area contributed by atoms with E-state index in [-0.39, 0.29) is 5.97 Å². The second-order valence-corrected chi connectivity index (χ2v) is 2.19. The molecule has 0 radical (unpaired) electrons. The Morgan fingerprint density at radius 2 is 2.08 bits per heavy atom. The number of hydrogen-bond donors (Lipinski definition) is 0. The van der Waals surface area contributed by atoms with Gasteiger partial charge in [0, 0.05) is 6.08 Å². The molecule has 0 amide bonds. The molecule has 0 aliphatic rings. The summed E-state index contributed by atoms with van der Waals surface area (Å²) in [6.45, 7) is 8.95. The van der Waals surface area contributed by atoms with Crippen molar-refractivity contribution >= 4 is 17.6 Å². The van der Waals surface area contributed by atoms with Gasteiger partial charge in [-0.1, -0.05) is 38.1 Å². The molecule has 0 bridgehead atoms. The fraction of sp³-hybridized carbons (Fsp3) is 0.444. The molecule has 12 heavy (non-hydrogen) atoms. The van der Waals surface area contributed by atoms with Gasteiger partial charge in [0.05, 0.1) is 6.61 Å². The lowest BCUT2D eigenvalue weighted by Gasteiger charge is -1.97. The van der Waals surface area contributed by atoms with Crippen molar-refractivity contribution in [3.8, 4) is 0 Å². The third-order valence-corrected chi connectivity index (χ3v) is 0.909. The van der Waals surface area contributed by atoms with Gasteiger partial charge in [0.1, 0.15) is 0 Å². The van der Waals surface area contributed by atoms with Crippen molar-refractivity contribution in [2.45, 2.75) is 19.8 Å². The average Bonchev–Trinajstić information content (AvgIpc) is 2.06. The van der Waals surface area contributed by atoms with Crippen LogP contribution in [0.15, 0.2) is 24.8 Å². The van der Waals surface area contributed by atoms with Crippen LogP contribution in [0.2, 0.25) is 0 Å².